The Morgan fingerprint density at radius 1 is 1.03 bits per heavy atom. The van der Waals surface area contributed by atoms with Gasteiger partial charge in [0.2, 0.25) is 0 Å². The van der Waals surface area contributed by atoms with Crippen LogP contribution in [-0.2, 0) is 19.6 Å². The number of aryl methyl sites for hydroxylation is 3. The Labute approximate surface area is 171 Å². The molecule has 1 N–H and O–H groups in total. The number of sulfonamides is 1. The van der Waals surface area contributed by atoms with Crippen molar-refractivity contribution in [2.24, 2.45) is 0 Å². The van der Waals surface area contributed by atoms with Crippen LogP contribution in [0.4, 0.5) is 5.69 Å². The highest BCUT2D eigenvalue weighted by molar-refractivity contribution is 7.92. The number of hydrogen-bond donors (Lipinski definition) is 1. The molecular weight excluding hydrogens is 392 g/mol. The van der Waals surface area contributed by atoms with Crippen LogP contribution >= 0.6 is 0 Å². The molecule has 1 amide bonds. The molecule has 2 aromatic rings. The van der Waals surface area contributed by atoms with E-state index in [1.165, 1.54) is 12.1 Å². The average Bonchev–Trinajstić information content (AvgIpc) is 2.70. The van der Waals surface area contributed by atoms with E-state index in [-0.39, 0.29) is 17.4 Å². The average molecular weight is 419 g/mol. The zero-order chi connectivity index (χ0) is 21.0. The van der Waals surface area contributed by atoms with Crippen molar-refractivity contribution in [3.63, 3.8) is 0 Å². The van der Waals surface area contributed by atoms with Crippen LogP contribution < -0.4 is 9.46 Å². The molecule has 0 spiro atoms. The van der Waals surface area contributed by atoms with E-state index in [2.05, 4.69) is 4.72 Å². The maximum atomic E-state index is 12.7. The summed E-state index contributed by atoms with van der Waals surface area (Å²) in [6.45, 7) is 7.75. The highest BCUT2D eigenvalue weighted by Gasteiger charge is 2.19. The summed E-state index contributed by atoms with van der Waals surface area (Å²) in [6.07, 6.45) is 0. The van der Waals surface area contributed by atoms with Crippen molar-refractivity contribution in [1.82, 2.24) is 4.90 Å². The molecule has 0 radical (unpaired) electrons. The topological polar surface area (TPSA) is 84.9 Å². The van der Waals surface area contributed by atoms with Crippen molar-refractivity contribution in [3.05, 3.63) is 53.1 Å². The molecule has 1 heterocycles. The van der Waals surface area contributed by atoms with Crippen LogP contribution in [0, 0.1) is 20.8 Å². The third kappa shape index (κ3) is 5.27. The van der Waals surface area contributed by atoms with Gasteiger partial charge in [-0.05, 0) is 67.8 Å². The van der Waals surface area contributed by atoms with Crippen molar-refractivity contribution in [3.8, 4) is 5.75 Å². The number of rotatable bonds is 6. The molecule has 7 nitrogen and oxygen atoms in total. The van der Waals surface area contributed by atoms with Gasteiger partial charge in [0.15, 0.2) is 6.61 Å². The van der Waals surface area contributed by atoms with Gasteiger partial charge in [0, 0.05) is 18.8 Å². The quantitative estimate of drug-likeness (QED) is 0.780. The third-order valence-corrected chi connectivity index (χ3v) is 6.31. The number of benzene rings is 2. The van der Waals surface area contributed by atoms with E-state index < -0.39 is 10.0 Å². The second-order valence-corrected chi connectivity index (χ2v) is 8.80. The zero-order valence-electron chi connectivity index (χ0n) is 16.9. The van der Waals surface area contributed by atoms with Crippen LogP contribution in [0.5, 0.6) is 5.75 Å². The van der Waals surface area contributed by atoms with Gasteiger partial charge >= 0.3 is 0 Å². The number of amides is 1. The van der Waals surface area contributed by atoms with Crippen molar-refractivity contribution < 1.29 is 22.7 Å². The number of nitrogens with zero attached hydrogens (tertiary/aromatic N) is 1. The van der Waals surface area contributed by atoms with Gasteiger partial charge in [-0.3, -0.25) is 9.52 Å². The first-order valence-corrected chi connectivity index (χ1v) is 10.9. The van der Waals surface area contributed by atoms with Crippen LogP contribution in [0.2, 0.25) is 0 Å². The van der Waals surface area contributed by atoms with Crippen LogP contribution in [0.1, 0.15) is 16.7 Å². The zero-order valence-corrected chi connectivity index (χ0v) is 17.7. The molecule has 0 unspecified atom stereocenters. The fraction of sp³-hybridized carbons (Fsp3) is 0.381. The van der Waals surface area contributed by atoms with Gasteiger partial charge in [-0.1, -0.05) is 6.07 Å². The fourth-order valence-electron chi connectivity index (χ4n) is 3.01. The molecule has 1 fully saturated rings. The molecule has 0 saturated carbocycles. The Bertz CT molecular complexity index is 998. The number of ether oxygens (including phenoxy) is 2. The van der Waals surface area contributed by atoms with E-state index in [1.54, 1.807) is 30.0 Å². The number of nitrogens with one attached hydrogen (secondary N) is 1. The summed E-state index contributed by atoms with van der Waals surface area (Å²) in [6, 6.07) is 10.0. The normalized spacial score (nSPS) is 14.5. The van der Waals surface area contributed by atoms with Crippen LogP contribution in [0.15, 0.2) is 41.3 Å². The van der Waals surface area contributed by atoms with Gasteiger partial charge in [0.25, 0.3) is 15.9 Å². The lowest BCUT2D eigenvalue weighted by atomic mass is 10.1. The monoisotopic (exact) mass is 418 g/mol. The molecule has 3 rings (SSSR count). The number of hydrogen-bond acceptors (Lipinski definition) is 5. The van der Waals surface area contributed by atoms with E-state index >= 15 is 0 Å². The summed E-state index contributed by atoms with van der Waals surface area (Å²) in [5.74, 6) is 0.373. The second kappa shape index (κ2) is 8.84. The molecule has 2 aromatic carbocycles. The first kappa shape index (κ1) is 21.1. The largest absolute Gasteiger partial charge is 0.483 e. The minimum Gasteiger partial charge on any atom is -0.483 e. The fourth-order valence-corrected chi connectivity index (χ4v) is 4.15. The van der Waals surface area contributed by atoms with Gasteiger partial charge in [-0.2, -0.15) is 0 Å². The Morgan fingerprint density at radius 3 is 2.41 bits per heavy atom. The van der Waals surface area contributed by atoms with Gasteiger partial charge in [0.05, 0.1) is 18.1 Å². The van der Waals surface area contributed by atoms with E-state index in [0.717, 1.165) is 11.1 Å². The van der Waals surface area contributed by atoms with Crippen molar-refractivity contribution in [2.75, 3.05) is 37.6 Å². The highest BCUT2D eigenvalue weighted by Crippen LogP contribution is 2.24. The number of carbonyl (C=O) groups is 1. The first-order valence-electron chi connectivity index (χ1n) is 9.45. The van der Waals surface area contributed by atoms with Gasteiger partial charge in [-0.15, -0.1) is 0 Å². The molecule has 0 bridgehead atoms. The van der Waals surface area contributed by atoms with Crippen molar-refractivity contribution >= 4 is 21.6 Å². The summed E-state index contributed by atoms with van der Waals surface area (Å²) in [5.41, 5.74) is 3.26. The van der Waals surface area contributed by atoms with Gasteiger partial charge in [0.1, 0.15) is 5.75 Å². The maximum Gasteiger partial charge on any atom is 0.261 e. The van der Waals surface area contributed by atoms with Crippen LogP contribution in [-0.4, -0.2) is 52.1 Å². The third-order valence-electron chi connectivity index (χ3n) is 4.93. The molecule has 29 heavy (non-hydrogen) atoms. The Balaban J connectivity index is 1.67. The summed E-state index contributed by atoms with van der Waals surface area (Å²) in [4.78, 5) is 14.0. The van der Waals surface area contributed by atoms with Gasteiger partial charge in [-0.25, -0.2) is 8.42 Å². The van der Waals surface area contributed by atoms with E-state index in [4.69, 9.17) is 9.47 Å². The predicted octanol–water partition coefficient (Wildman–Crippen LogP) is 2.65. The summed E-state index contributed by atoms with van der Waals surface area (Å²) in [7, 11) is -3.73. The SMILES string of the molecule is Cc1ccc(NS(=O)(=O)c2ccc(OCC(=O)N3CCOCC3)c(C)c2)cc1C. The second-order valence-electron chi connectivity index (χ2n) is 7.11. The lowest BCUT2D eigenvalue weighted by Gasteiger charge is -2.26. The lowest BCUT2D eigenvalue weighted by Crippen LogP contribution is -2.43. The molecule has 8 heteroatoms. The highest BCUT2D eigenvalue weighted by atomic mass is 32.2. The summed E-state index contributed by atoms with van der Waals surface area (Å²) in [5, 5.41) is 0. The molecule has 0 aromatic heterocycles. The minimum atomic E-state index is -3.73. The maximum absolute atomic E-state index is 12.7. The van der Waals surface area contributed by atoms with Gasteiger partial charge < -0.3 is 14.4 Å². The van der Waals surface area contributed by atoms with E-state index in [1.807, 2.05) is 19.9 Å². The number of anilines is 1. The molecule has 1 aliphatic heterocycles. The Morgan fingerprint density at radius 2 is 1.76 bits per heavy atom. The van der Waals surface area contributed by atoms with Crippen molar-refractivity contribution in [2.45, 2.75) is 25.7 Å². The summed E-state index contributed by atoms with van der Waals surface area (Å²) < 4.78 is 38.9. The minimum absolute atomic E-state index is 0.0895. The smallest absolute Gasteiger partial charge is 0.261 e. The van der Waals surface area contributed by atoms with E-state index in [0.29, 0.717) is 43.3 Å². The molecule has 1 aliphatic rings. The van der Waals surface area contributed by atoms with Crippen LogP contribution in [0.3, 0.4) is 0 Å². The first-order chi connectivity index (χ1) is 13.8. The lowest BCUT2D eigenvalue weighted by molar-refractivity contribution is -0.137. The molecule has 0 aliphatic carbocycles. The summed E-state index contributed by atoms with van der Waals surface area (Å²) >= 11 is 0. The van der Waals surface area contributed by atoms with Crippen LogP contribution in [0.25, 0.3) is 0 Å². The Kier molecular flexibility index (Phi) is 6.44. The van der Waals surface area contributed by atoms with E-state index in [9.17, 15) is 13.2 Å². The van der Waals surface area contributed by atoms with Crippen molar-refractivity contribution in [1.29, 1.82) is 0 Å². The Hall–Kier alpha value is -2.58. The predicted molar refractivity (Wildman–Crippen MR) is 111 cm³/mol. The number of carbonyl (C=O) groups excluding carboxylic acids is 1. The molecule has 0 atom stereocenters. The molecule has 156 valence electrons. The standard InChI is InChI=1S/C21H26N2O5S/c1-15-4-5-18(12-16(15)2)22-29(25,26)19-6-7-20(17(3)13-19)28-14-21(24)23-8-10-27-11-9-23/h4-7,12-13,22H,8-11,14H2,1-3H3. The molecule has 1 saturated heterocycles. The molecular formula is C21H26N2O5S. The number of morpholine rings is 1.